The molecule has 2 aromatic rings. The number of likely N-dealkylation sites (tertiary alicyclic amines) is 1. The predicted molar refractivity (Wildman–Crippen MR) is 92.2 cm³/mol. The Labute approximate surface area is 148 Å². The summed E-state index contributed by atoms with van der Waals surface area (Å²) in [6.45, 7) is 3.25. The van der Waals surface area contributed by atoms with E-state index in [2.05, 4.69) is 21.0 Å². The average molecular weight is 392 g/mol. The third-order valence-electron chi connectivity index (χ3n) is 4.33. The van der Waals surface area contributed by atoms with Crippen molar-refractivity contribution in [1.82, 2.24) is 14.7 Å². The van der Waals surface area contributed by atoms with Gasteiger partial charge in [-0.05, 0) is 53.4 Å². The molecule has 7 heteroatoms. The van der Waals surface area contributed by atoms with E-state index < -0.39 is 5.97 Å². The second kappa shape index (κ2) is 6.76. The molecule has 6 nitrogen and oxygen atoms in total. The molecule has 1 saturated heterocycles. The lowest BCUT2D eigenvalue weighted by molar-refractivity contribution is 0.0687. The summed E-state index contributed by atoms with van der Waals surface area (Å²) in [5, 5.41) is 13.1. The molecule has 1 aliphatic rings. The van der Waals surface area contributed by atoms with Gasteiger partial charge in [0.25, 0.3) is 5.91 Å². The first-order valence-corrected chi connectivity index (χ1v) is 8.58. The maximum Gasteiger partial charge on any atom is 0.338 e. The highest BCUT2D eigenvalue weighted by atomic mass is 79.9. The molecule has 0 atom stereocenters. The van der Waals surface area contributed by atoms with Gasteiger partial charge in [0.2, 0.25) is 0 Å². The van der Waals surface area contributed by atoms with Crippen molar-refractivity contribution in [2.24, 2.45) is 0 Å². The minimum absolute atomic E-state index is 0.0204. The Morgan fingerprint density at radius 3 is 2.58 bits per heavy atom. The Bertz CT molecular complexity index is 779. The van der Waals surface area contributed by atoms with Crippen LogP contribution in [0.25, 0.3) is 0 Å². The number of halogens is 1. The first-order chi connectivity index (χ1) is 11.5. The second-order valence-corrected chi connectivity index (χ2v) is 6.88. The zero-order valence-electron chi connectivity index (χ0n) is 13.3. The molecule has 1 N–H and O–H groups in total. The van der Waals surface area contributed by atoms with Crippen molar-refractivity contribution in [2.45, 2.75) is 25.8 Å². The maximum atomic E-state index is 12.7. The number of hydrogen-bond acceptors (Lipinski definition) is 3. The van der Waals surface area contributed by atoms with Gasteiger partial charge in [-0.25, -0.2) is 4.79 Å². The van der Waals surface area contributed by atoms with Crippen molar-refractivity contribution in [1.29, 1.82) is 0 Å². The highest BCUT2D eigenvalue weighted by Crippen LogP contribution is 2.26. The molecule has 1 fully saturated rings. The molecule has 1 aromatic carbocycles. The quantitative estimate of drug-likeness (QED) is 0.871. The van der Waals surface area contributed by atoms with Crippen LogP contribution in [0.4, 0.5) is 0 Å². The Balaban J connectivity index is 1.65. The normalized spacial score (nSPS) is 15.5. The molecule has 0 saturated carbocycles. The van der Waals surface area contributed by atoms with E-state index in [0.29, 0.717) is 18.7 Å². The summed E-state index contributed by atoms with van der Waals surface area (Å²) in [4.78, 5) is 25.4. The number of carboxylic acids is 1. The van der Waals surface area contributed by atoms with E-state index in [1.54, 1.807) is 10.9 Å². The molecule has 0 spiro atoms. The summed E-state index contributed by atoms with van der Waals surface area (Å²) >= 11 is 3.46. The van der Waals surface area contributed by atoms with Crippen molar-refractivity contribution in [3.63, 3.8) is 0 Å². The van der Waals surface area contributed by atoms with E-state index in [4.69, 9.17) is 5.11 Å². The van der Waals surface area contributed by atoms with Gasteiger partial charge in [0.15, 0.2) is 0 Å². The minimum atomic E-state index is -0.974. The molecule has 1 amide bonds. The monoisotopic (exact) mass is 391 g/mol. The molecular formula is C17H18BrN3O3. The molecular weight excluding hydrogens is 374 g/mol. The van der Waals surface area contributed by atoms with Gasteiger partial charge in [0, 0.05) is 23.8 Å². The van der Waals surface area contributed by atoms with E-state index in [9.17, 15) is 9.59 Å². The van der Waals surface area contributed by atoms with Crippen molar-refractivity contribution in [3.8, 4) is 0 Å². The second-order valence-electron chi connectivity index (χ2n) is 6.02. The number of piperidine rings is 1. The van der Waals surface area contributed by atoms with Gasteiger partial charge in [-0.1, -0.05) is 6.07 Å². The lowest BCUT2D eigenvalue weighted by Gasteiger charge is -2.32. The highest BCUT2D eigenvalue weighted by Gasteiger charge is 2.26. The van der Waals surface area contributed by atoms with Gasteiger partial charge in [-0.2, -0.15) is 5.10 Å². The van der Waals surface area contributed by atoms with Gasteiger partial charge in [-0.3, -0.25) is 9.48 Å². The average Bonchev–Trinajstić information content (AvgIpc) is 3.05. The molecule has 126 valence electrons. The van der Waals surface area contributed by atoms with E-state index in [-0.39, 0.29) is 17.5 Å². The maximum absolute atomic E-state index is 12.7. The van der Waals surface area contributed by atoms with Gasteiger partial charge in [0.1, 0.15) is 0 Å². The van der Waals surface area contributed by atoms with Crippen LogP contribution in [-0.4, -0.2) is 44.8 Å². The minimum Gasteiger partial charge on any atom is -0.478 e. The molecule has 1 aromatic heterocycles. The first kappa shape index (κ1) is 16.7. The first-order valence-electron chi connectivity index (χ1n) is 7.78. The summed E-state index contributed by atoms with van der Waals surface area (Å²) < 4.78 is 2.51. The lowest BCUT2D eigenvalue weighted by Crippen LogP contribution is -2.39. The van der Waals surface area contributed by atoms with E-state index >= 15 is 0 Å². The Kier molecular flexibility index (Phi) is 4.71. The Hall–Kier alpha value is -2.15. The van der Waals surface area contributed by atoms with Gasteiger partial charge < -0.3 is 10.0 Å². The van der Waals surface area contributed by atoms with E-state index in [0.717, 1.165) is 22.9 Å². The van der Waals surface area contributed by atoms with E-state index in [1.807, 2.05) is 30.0 Å². The van der Waals surface area contributed by atoms with Crippen LogP contribution >= 0.6 is 15.9 Å². The van der Waals surface area contributed by atoms with Gasteiger partial charge >= 0.3 is 5.97 Å². The summed E-state index contributed by atoms with van der Waals surface area (Å²) in [5.74, 6) is -0.954. The summed E-state index contributed by atoms with van der Waals surface area (Å²) in [7, 11) is 0. The van der Waals surface area contributed by atoms with Gasteiger partial charge in [0.05, 0.1) is 23.4 Å². The zero-order valence-corrected chi connectivity index (χ0v) is 14.9. The van der Waals surface area contributed by atoms with Crippen molar-refractivity contribution in [2.75, 3.05) is 13.1 Å². The summed E-state index contributed by atoms with van der Waals surface area (Å²) in [6, 6.07) is 5.85. The molecule has 0 unspecified atom stereocenters. The molecule has 2 heterocycles. The van der Waals surface area contributed by atoms with Crippen LogP contribution in [0.1, 0.15) is 45.2 Å². The SMILES string of the molecule is Cc1ccc(C(=O)N2CCC(n3cc(C(=O)O)cn3)CC2)c(Br)c1. The van der Waals surface area contributed by atoms with Crippen LogP contribution in [0.5, 0.6) is 0 Å². The van der Waals surface area contributed by atoms with Crippen molar-refractivity contribution < 1.29 is 14.7 Å². The molecule has 0 radical (unpaired) electrons. The van der Waals surface area contributed by atoms with Crippen LogP contribution in [0.3, 0.4) is 0 Å². The molecule has 24 heavy (non-hydrogen) atoms. The van der Waals surface area contributed by atoms with Crippen LogP contribution in [0.2, 0.25) is 0 Å². The number of hydrogen-bond donors (Lipinski definition) is 1. The van der Waals surface area contributed by atoms with Crippen molar-refractivity contribution >= 4 is 27.8 Å². The molecule has 3 rings (SSSR count). The number of carbonyl (C=O) groups is 2. The van der Waals surface area contributed by atoms with Crippen LogP contribution < -0.4 is 0 Å². The van der Waals surface area contributed by atoms with Crippen molar-refractivity contribution in [3.05, 3.63) is 51.8 Å². The summed E-state index contributed by atoms with van der Waals surface area (Å²) in [5.41, 5.74) is 1.97. The number of aromatic carboxylic acids is 1. The lowest BCUT2D eigenvalue weighted by atomic mass is 10.0. The number of carboxylic acid groups (broad SMARTS) is 1. The number of aryl methyl sites for hydroxylation is 1. The highest BCUT2D eigenvalue weighted by molar-refractivity contribution is 9.10. The Morgan fingerprint density at radius 2 is 2.00 bits per heavy atom. The molecule has 1 aliphatic heterocycles. The number of benzene rings is 1. The number of rotatable bonds is 3. The zero-order chi connectivity index (χ0) is 17.3. The fourth-order valence-electron chi connectivity index (χ4n) is 2.95. The van der Waals surface area contributed by atoms with Gasteiger partial charge in [-0.15, -0.1) is 0 Å². The van der Waals surface area contributed by atoms with E-state index in [1.165, 1.54) is 6.20 Å². The smallest absolute Gasteiger partial charge is 0.338 e. The molecule has 0 bridgehead atoms. The third-order valence-corrected chi connectivity index (χ3v) is 4.99. The summed E-state index contributed by atoms with van der Waals surface area (Å²) in [6.07, 6.45) is 4.44. The number of aromatic nitrogens is 2. The van der Waals surface area contributed by atoms with Crippen LogP contribution in [-0.2, 0) is 0 Å². The largest absolute Gasteiger partial charge is 0.478 e. The fourth-order valence-corrected chi connectivity index (χ4v) is 3.61. The number of carbonyl (C=O) groups excluding carboxylic acids is 1. The van der Waals surface area contributed by atoms with Crippen LogP contribution in [0, 0.1) is 6.92 Å². The number of nitrogens with zero attached hydrogens (tertiary/aromatic N) is 3. The van der Waals surface area contributed by atoms with Crippen LogP contribution in [0.15, 0.2) is 35.1 Å². The third kappa shape index (κ3) is 3.36. The standard InChI is InChI=1S/C17H18BrN3O3/c1-11-2-3-14(15(18)8-11)16(22)20-6-4-13(5-7-20)21-10-12(9-19-21)17(23)24/h2-3,8-10,13H,4-7H2,1H3,(H,23,24). The molecule has 0 aliphatic carbocycles. The topological polar surface area (TPSA) is 75.4 Å². The fraction of sp³-hybridized carbons (Fsp3) is 0.353. The Morgan fingerprint density at radius 1 is 1.29 bits per heavy atom. The predicted octanol–water partition coefficient (Wildman–Crippen LogP) is 3.13. The number of amides is 1.